The van der Waals surface area contributed by atoms with Gasteiger partial charge >= 0.3 is 18.0 Å². The topological polar surface area (TPSA) is 0 Å². The van der Waals surface area contributed by atoms with E-state index in [1.54, 1.807) is 0 Å². The molecule has 0 aromatic heterocycles. The van der Waals surface area contributed by atoms with Crippen molar-refractivity contribution in [1.29, 1.82) is 0 Å². The van der Waals surface area contributed by atoms with Gasteiger partial charge in [0, 0.05) is 0 Å². The summed E-state index contributed by atoms with van der Waals surface area (Å²) in [6.07, 6.45) is -6.58. The summed E-state index contributed by atoms with van der Waals surface area (Å²) in [6.45, 7) is 0. The highest BCUT2D eigenvalue weighted by Gasteiger charge is 2.74. The highest BCUT2D eigenvalue weighted by Crippen LogP contribution is 2.51. The van der Waals surface area contributed by atoms with E-state index in [4.69, 9.17) is 0 Å². The molecule has 0 bridgehead atoms. The number of hydrogen-bond donors (Lipinski definition) is 0. The number of allylic oxidation sites excluding steroid dienone is 1. The molecule has 0 saturated carbocycles. The standard InChI is InChI=1S/C5Cl2F8/c6-1(2(7)8)3(9,10)4(11,12)5(13,14)15/b2-1+. The van der Waals surface area contributed by atoms with Crippen molar-refractivity contribution in [2.45, 2.75) is 18.0 Å². The predicted octanol–water partition coefficient (Wildman–Crippen LogP) is 4.44. The Balaban J connectivity index is 5.49. The minimum Gasteiger partial charge on any atom is -0.193 e. The first-order valence-electron chi connectivity index (χ1n) is 2.89. The zero-order valence-electron chi connectivity index (χ0n) is 6.28. The van der Waals surface area contributed by atoms with Gasteiger partial charge in [-0.1, -0.05) is 11.6 Å². The molecule has 0 radical (unpaired) electrons. The lowest BCUT2D eigenvalue weighted by atomic mass is 10.1. The molecular weight excluding hydrogens is 283 g/mol. The summed E-state index contributed by atoms with van der Waals surface area (Å²) < 4.78 is 95.2. The van der Waals surface area contributed by atoms with Gasteiger partial charge in [0.25, 0.3) is 0 Å². The molecule has 0 aliphatic carbocycles. The third-order valence-electron chi connectivity index (χ3n) is 1.19. The quantitative estimate of drug-likeness (QED) is 0.657. The van der Waals surface area contributed by atoms with Crippen LogP contribution in [0.15, 0.2) is 10.3 Å². The lowest BCUT2D eigenvalue weighted by Gasteiger charge is -2.27. The molecule has 0 aliphatic heterocycles. The molecule has 0 amide bonds. The van der Waals surface area contributed by atoms with E-state index in [2.05, 4.69) is 23.2 Å². The maximum atomic E-state index is 12.4. The van der Waals surface area contributed by atoms with E-state index in [9.17, 15) is 35.1 Å². The summed E-state index contributed by atoms with van der Waals surface area (Å²) >= 11 is 8.41. The number of hydrogen-bond acceptors (Lipinski definition) is 0. The van der Waals surface area contributed by atoms with Crippen molar-refractivity contribution in [3.8, 4) is 0 Å². The van der Waals surface area contributed by atoms with Crippen molar-refractivity contribution in [3.05, 3.63) is 10.3 Å². The van der Waals surface area contributed by atoms with Crippen LogP contribution in [0.25, 0.3) is 0 Å². The molecule has 0 aliphatic rings. The first-order valence-corrected chi connectivity index (χ1v) is 3.65. The predicted molar refractivity (Wildman–Crippen MR) is 35.8 cm³/mol. The fourth-order valence-corrected chi connectivity index (χ4v) is 0.672. The molecule has 0 rings (SSSR count). The molecule has 90 valence electrons. The molecule has 0 heterocycles. The van der Waals surface area contributed by atoms with E-state index < -0.39 is 28.3 Å². The first kappa shape index (κ1) is 14.8. The normalized spacial score (nSPS) is 16.4. The third kappa shape index (κ3) is 2.47. The van der Waals surface area contributed by atoms with Crippen LogP contribution in [0.3, 0.4) is 0 Å². The maximum Gasteiger partial charge on any atom is 0.460 e. The third-order valence-corrected chi connectivity index (χ3v) is 1.88. The van der Waals surface area contributed by atoms with Crippen LogP contribution in [0.4, 0.5) is 35.1 Å². The van der Waals surface area contributed by atoms with Gasteiger partial charge in [0.15, 0.2) is 0 Å². The Bertz CT molecular complexity index is 273. The van der Waals surface area contributed by atoms with Gasteiger partial charge < -0.3 is 0 Å². The minimum atomic E-state index is -6.58. The fraction of sp³-hybridized carbons (Fsp3) is 0.600. The van der Waals surface area contributed by atoms with Crippen molar-refractivity contribution < 1.29 is 35.1 Å². The van der Waals surface area contributed by atoms with Crippen LogP contribution < -0.4 is 0 Å². The van der Waals surface area contributed by atoms with Gasteiger partial charge in [-0.2, -0.15) is 35.1 Å². The maximum absolute atomic E-state index is 12.4. The molecule has 0 aromatic carbocycles. The first-order chi connectivity index (χ1) is 6.35. The summed E-state index contributed by atoms with van der Waals surface area (Å²) in [4.78, 5) is 0. The van der Waals surface area contributed by atoms with Crippen LogP contribution in [0.1, 0.15) is 0 Å². The Hall–Kier alpha value is -0.240. The van der Waals surface area contributed by atoms with Crippen LogP contribution in [-0.4, -0.2) is 18.0 Å². The van der Waals surface area contributed by atoms with E-state index in [0.29, 0.717) is 0 Å². The van der Waals surface area contributed by atoms with Gasteiger partial charge in [0.1, 0.15) is 5.03 Å². The van der Waals surface area contributed by atoms with Crippen LogP contribution in [0, 0.1) is 0 Å². The molecule has 15 heavy (non-hydrogen) atoms. The smallest absolute Gasteiger partial charge is 0.193 e. The van der Waals surface area contributed by atoms with E-state index >= 15 is 0 Å². The number of halogens is 10. The SMILES string of the molecule is F/C(Cl)=C(/Cl)C(F)(F)C(F)(F)C(F)(F)F. The molecule has 0 N–H and O–H groups in total. The van der Waals surface area contributed by atoms with Crippen molar-refractivity contribution in [2.24, 2.45) is 0 Å². The van der Waals surface area contributed by atoms with Crippen molar-refractivity contribution in [3.63, 3.8) is 0 Å². The molecule has 0 fully saturated rings. The second kappa shape index (κ2) is 3.97. The number of alkyl halides is 7. The van der Waals surface area contributed by atoms with Gasteiger partial charge in [-0.05, 0) is 11.6 Å². The summed E-state index contributed by atoms with van der Waals surface area (Å²) in [7, 11) is 0. The highest BCUT2D eigenvalue weighted by molar-refractivity contribution is 6.38. The van der Waals surface area contributed by atoms with E-state index in [-0.39, 0.29) is 0 Å². The van der Waals surface area contributed by atoms with Crippen LogP contribution in [0.2, 0.25) is 0 Å². The van der Waals surface area contributed by atoms with Gasteiger partial charge in [-0.3, -0.25) is 0 Å². The van der Waals surface area contributed by atoms with E-state index in [0.717, 1.165) is 0 Å². The van der Waals surface area contributed by atoms with Gasteiger partial charge in [0.2, 0.25) is 5.29 Å². The Kier molecular flexibility index (Phi) is 3.91. The summed E-state index contributed by atoms with van der Waals surface area (Å²) in [5, 5.41) is -5.24. The lowest BCUT2D eigenvalue weighted by molar-refractivity contribution is -0.343. The molecule has 0 atom stereocenters. The Morgan fingerprint density at radius 1 is 0.800 bits per heavy atom. The average Bonchev–Trinajstić information content (AvgIpc) is 2.00. The van der Waals surface area contributed by atoms with Crippen LogP contribution in [0.5, 0.6) is 0 Å². The summed E-state index contributed by atoms with van der Waals surface area (Å²) in [6, 6.07) is 0. The molecule has 10 heteroatoms. The minimum absolute atomic E-state index is 2.54. The zero-order valence-corrected chi connectivity index (χ0v) is 7.79. The van der Waals surface area contributed by atoms with Gasteiger partial charge in [-0.15, -0.1) is 0 Å². The zero-order chi connectivity index (χ0) is 12.7. The second-order valence-electron chi connectivity index (χ2n) is 2.22. The molecular formula is C5Cl2F8. The molecule has 0 saturated heterocycles. The van der Waals surface area contributed by atoms with Gasteiger partial charge in [-0.25, -0.2) is 0 Å². The number of rotatable bonds is 2. The summed E-state index contributed by atoms with van der Waals surface area (Å²) in [5.74, 6) is -12.5. The molecule has 0 nitrogen and oxygen atoms in total. The van der Waals surface area contributed by atoms with E-state index in [1.165, 1.54) is 0 Å². The Morgan fingerprint density at radius 3 is 1.33 bits per heavy atom. The van der Waals surface area contributed by atoms with E-state index in [1.807, 2.05) is 0 Å². The van der Waals surface area contributed by atoms with Gasteiger partial charge in [0.05, 0.1) is 0 Å². The van der Waals surface area contributed by atoms with Crippen LogP contribution in [-0.2, 0) is 0 Å². The van der Waals surface area contributed by atoms with Crippen molar-refractivity contribution in [1.82, 2.24) is 0 Å². The molecule has 0 aromatic rings. The largest absolute Gasteiger partial charge is 0.460 e. The highest BCUT2D eigenvalue weighted by atomic mass is 35.5. The summed E-state index contributed by atoms with van der Waals surface area (Å²) in [5.41, 5.74) is 0. The van der Waals surface area contributed by atoms with Crippen molar-refractivity contribution >= 4 is 23.2 Å². The monoisotopic (exact) mass is 282 g/mol. The molecule has 0 unspecified atom stereocenters. The fourth-order valence-electron chi connectivity index (χ4n) is 0.435. The molecule has 0 spiro atoms. The average molecular weight is 283 g/mol. The van der Waals surface area contributed by atoms with Crippen molar-refractivity contribution in [2.75, 3.05) is 0 Å². The Morgan fingerprint density at radius 2 is 1.13 bits per heavy atom. The second-order valence-corrected chi connectivity index (χ2v) is 2.93. The lowest BCUT2D eigenvalue weighted by Crippen LogP contribution is -2.52. The van der Waals surface area contributed by atoms with Crippen LogP contribution >= 0.6 is 23.2 Å². The Labute approximate surface area is 87.4 Å².